The van der Waals surface area contributed by atoms with Gasteiger partial charge in [0.05, 0.1) is 0 Å². The van der Waals surface area contributed by atoms with Gasteiger partial charge in [-0.3, -0.25) is 4.98 Å². The Morgan fingerprint density at radius 2 is 2.00 bits per heavy atom. The molecule has 0 amide bonds. The Hall–Kier alpha value is -2.19. The minimum absolute atomic E-state index is 0.0295. The molecular weight excluding hydrogens is 296 g/mol. The minimum Gasteiger partial charge on any atom is -0.475 e. The summed E-state index contributed by atoms with van der Waals surface area (Å²) in [4.78, 5) is 14.5. The van der Waals surface area contributed by atoms with Gasteiger partial charge in [0.25, 0.3) is 0 Å². The maximum atomic E-state index is 12.3. The summed E-state index contributed by atoms with van der Waals surface area (Å²) in [5.41, 5.74) is 0.744. The third-order valence-electron chi connectivity index (χ3n) is 2.91. The van der Waals surface area contributed by atoms with Gasteiger partial charge >= 0.3 is 5.97 Å². The lowest BCUT2D eigenvalue weighted by molar-refractivity contribution is 0.0661. The first kappa shape index (κ1) is 15.2. The summed E-state index contributed by atoms with van der Waals surface area (Å²) in [5, 5.41) is 8.83. The Kier molecular flexibility index (Phi) is 4.10. The molecule has 0 aliphatic rings. The van der Waals surface area contributed by atoms with Gasteiger partial charge in [-0.1, -0.05) is 0 Å². The molecular formula is C13H14N2O5S. The third-order valence-corrected chi connectivity index (χ3v) is 4.56. The van der Waals surface area contributed by atoms with Crippen molar-refractivity contribution in [1.29, 1.82) is 0 Å². The number of aromatic nitrogens is 1. The molecule has 0 aromatic carbocycles. The topological polar surface area (TPSA) is 109 Å². The molecule has 2 heterocycles. The maximum absolute atomic E-state index is 12.3. The molecule has 7 nitrogen and oxygen atoms in total. The van der Waals surface area contributed by atoms with Gasteiger partial charge in [-0.05, 0) is 31.5 Å². The highest BCUT2D eigenvalue weighted by atomic mass is 32.2. The van der Waals surface area contributed by atoms with Gasteiger partial charge < -0.3 is 9.52 Å². The monoisotopic (exact) mass is 310 g/mol. The zero-order valence-corrected chi connectivity index (χ0v) is 12.2. The highest BCUT2D eigenvalue weighted by Crippen LogP contribution is 2.22. The number of pyridine rings is 1. The van der Waals surface area contributed by atoms with Crippen molar-refractivity contribution in [3.63, 3.8) is 0 Å². The number of hydrogen-bond acceptors (Lipinski definition) is 5. The van der Waals surface area contributed by atoms with E-state index in [9.17, 15) is 13.2 Å². The Morgan fingerprint density at radius 3 is 2.52 bits per heavy atom. The number of aromatic carboxylic acids is 1. The smallest absolute Gasteiger partial charge is 0.371 e. The van der Waals surface area contributed by atoms with Gasteiger partial charge in [-0.25, -0.2) is 17.9 Å². The van der Waals surface area contributed by atoms with Gasteiger partial charge in [0.2, 0.25) is 15.8 Å². The van der Waals surface area contributed by atoms with E-state index in [-0.39, 0.29) is 10.7 Å². The van der Waals surface area contributed by atoms with E-state index < -0.39 is 27.8 Å². The first-order valence-corrected chi connectivity index (χ1v) is 7.55. The fraction of sp³-hybridized carbons (Fsp3) is 0.231. The number of carbonyl (C=O) groups is 1. The van der Waals surface area contributed by atoms with Crippen LogP contribution in [0.1, 0.15) is 34.8 Å². The van der Waals surface area contributed by atoms with Crippen LogP contribution >= 0.6 is 0 Å². The lowest BCUT2D eigenvalue weighted by Crippen LogP contribution is -2.27. The molecule has 1 unspecified atom stereocenters. The molecule has 8 heteroatoms. The quantitative estimate of drug-likeness (QED) is 0.870. The van der Waals surface area contributed by atoms with Gasteiger partial charge in [0, 0.05) is 24.5 Å². The number of aryl methyl sites for hydroxylation is 1. The van der Waals surface area contributed by atoms with Crippen molar-refractivity contribution in [1.82, 2.24) is 9.71 Å². The van der Waals surface area contributed by atoms with Gasteiger partial charge in [0.15, 0.2) is 0 Å². The summed E-state index contributed by atoms with van der Waals surface area (Å²) in [5.74, 6) is -1.70. The SMILES string of the molecule is Cc1oc(C(=O)O)cc1S(=O)(=O)NC(C)c1ccncc1. The molecule has 0 bridgehead atoms. The van der Waals surface area contributed by atoms with E-state index in [0.29, 0.717) is 0 Å². The van der Waals surface area contributed by atoms with Crippen LogP contribution in [0.25, 0.3) is 0 Å². The lowest BCUT2D eigenvalue weighted by atomic mass is 10.1. The van der Waals surface area contributed by atoms with Crippen LogP contribution in [0.4, 0.5) is 0 Å². The lowest BCUT2D eigenvalue weighted by Gasteiger charge is -2.13. The molecule has 2 aromatic heterocycles. The van der Waals surface area contributed by atoms with Crippen LogP contribution in [0.5, 0.6) is 0 Å². The summed E-state index contributed by atoms with van der Waals surface area (Å²) in [6, 6.07) is 3.90. The average Bonchev–Trinajstić information content (AvgIpc) is 2.82. The van der Waals surface area contributed by atoms with E-state index in [1.807, 2.05) is 0 Å². The van der Waals surface area contributed by atoms with Crippen molar-refractivity contribution in [3.8, 4) is 0 Å². The summed E-state index contributed by atoms with van der Waals surface area (Å²) < 4.78 is 32.0. The predicted molar refractivity (Wildman–Crippen MR) is 73.4 cm³/mol. The number of carboxylic acids is 1. The van der Waals surface area contributed by atoms with E-state index in [1.165, 1.54) is 6.92 Å². The summed E-state index contributed by atoms with van der Waals surface area (Å²) in [6.45, 7) is 3.08. The average molecular weight is 310 g/mol. The number of rotatable bonds is 5. The largest absolute Gasteiger partial charge is 0.475 e. The molecule has 0 saturated carbocycles. The van der Waals surface area contributed by atoms with Crippen LogP contribution in [-0.2, 0) is 10.0 Å². The van der Waals surface area contributed by atoms with Crippen LogP contribution < -0.4 is 4.72 Å². The molecule has 2 aromatic rings. The fourth-order valence-electron chi connectivity index (χ4n) is 1.85. The number of sulfonamides is 1. The van der Waals surface area contributed by atoms with Gasteiger partial charge in [0.1, 0.15) is 10.7 Å². The van der Waals surface area contributed by atoms with Crippen LogP contribution in [-0.4, -0.2) is 24.5 Å². The molecule has 2 N–H and O–H groups in total. The van der Waals surface area contributed by atoms with Gasteiger partial charge in [-0.2, -0.15) is 0 Å². The molecule has 0 spiro atoms. The second-order valence-corrected chi connectivity index (χ2v) is 6.14. The Labute approximate surface area is 121 Å². The van der Waals surface area contributed by atoms with Crippen molar-refractivity contribution in [2.24, 2.45) is 0 Å². The molecule has 21 heavy (non-hydrogen) atoms. The molecule has 0 aliphatic carbocycles. The number of carboxylic acid groups (broad SMARTS) is 1. The number of hydrogen-bond donors (Lipinski definition) is 2. The van der Waals surface area contributed by atoms with Crippen molar-refractivity contribution < 1.29 is 22.7 Å². The predicted octanol–water partition coefficient (Wildman–Crippen LogP) is 1.72. The maximum Gasteiger partial charge on any atom is 0.371 e. The molecule has 112 valence electrons. The van der Waals surface area contributed by atoms with E-state index in [0.717, 1.165) is 11.6 Å². The second-order valence-electron chi connectivity index (χ2n) is 4.46. The fourth-order valence-corrected chi connectivity index (χ4v) is 3.26. The normalized spacial score (nSPS) is 13.0. The van der Waals surface area contributed by atoms with Crippen LogP contribution in [0.3, 0.4) is 0 Å². The summed E-state index contributed by atoms with van der Waals surface area (Å²) >= 11 is 0. The highest BCUT2D eigenvalue weighted by Gasteiger charge is 2.25. The Balaban J connectivity index is 2.29. The molecule has 0 radical (unpaired) electrons. The molecule has 0 fully saturated rings. The second kappa shape index (κ2) is 5.66. The van der Waals surface area contributed by atoms with Crippen molar-refractivity contribution >= 4 is 16.0 Å². The first-order chi connectivity index (χ1) is 9.81. The van der Waals surface area contributed by atoms with E-state index in [2.05, 4.69) is 9.71 Å². The molecule has 0 saturated heterocycles. The summed E-state index contributed by atoms with van der Waals surface area (Å²) in [7, 11) is -3.88. The van der Waals surface area contributed by atoms with Crippen molar-refractivity contribution in [2.75, 3.05) is 0 Å². The first-order valence-electron chi connectivity index (χ1n) is 6.07. The zero-order chi connectivity index (χ0) is 15.6. The molecule has 0 aliphatic heterocycles. The number of nitrogens with one attached hydrogen (secondary N) is 1. The van der Waals surface area contributed by atoms with Crippen LogP contribution in [0, 0.1) is 6.92 Å². The van der Waals surface area contributed by atoms with E-state index >= 15 is 0 Å². The molecule has 2 rings (SSSR count). The Morgan fingerprint density at radius 1 is 1.38 bits per heavy atom. The van der Waals surface area contributed by atoms with Crippen molar-refractivity contribution in [3.05, 3.63) is 47.7 Å². The van der Waals surface area contributed by atoms with Crippen LogP contribution in [0.2, 0.25) is 0 Å². The number of nitrogens with zero attached hydrogens (tertiary/aromatic N) is 1. The van der Waals surface area contributed by atoms with Crippen molar-refractivity contribution in [2.45, 2.75) is 24.8 Å². The summed E-state index contributed by atoms with van der Waals surface area (Å²) in [6.07, 6.45) is 3.12. The highest BCUT2D eigenvalue weighted by molar-refractivity contribution is 7.89. The third kappa shape index (κ3) is 3.29. The Bertz CT molecular complexity index is 752. The van der Waals surface area contributed by atoms with E-state index in [4.69, 9.17) is 9.52 Å². The van der Waals surface area contributed by atoms with Gasteiger partial charge in [-0.15, -0.1) is 0 Å². The number of furan rings is 1. The van der Waals surface area contributed by atoms with Crippen LogP contribution in [0.15, 0.2) is 39.9 Å². The zero-order valence-electron chi connectivity index (χ0n) is 11.4. The minimum atomic E-state index is -3.88. The molecule has 1 atom stereocenters. The standard InChI is InChI=1S/C13H14N2O5S/c1-8(10-3-5-14-6-4-10)15-21(18,19)12-7-11(13(16)17)20-9(12)2/h3-8,15H,1-2H3,(H,16,17). The van der Waals surface area contributed by atoms with E-state index in [1.54, 1.807) is 31.5 Å².